The van der Waals surface area contributed by atoms with Crippen molar-refractivity contribution in [1.29, 1.82) is 0 Å². The van der Waals surface area contributed by atoms with Crippen LogP contribution in [0.4, 0.5) is 4.39 Å². The van der Waals surface area contributed by atoms with Crippen molar-refractivity contribution < 1.29 is 14.0 Å². The van der Waals surface area contributed by atoms with Crippen molar-refractivity contribution >= 4 is 11.8 Å². The van der Waals surface area contributed by atoms with Crippen LogP contribution in [0.2, 0.25) is 0 Å². The standard InChI is InChI=1S/C22H27FN2O2/c1-4-20(22(27)24-5-2)25(15-17-9-11-19(23)12-10-17)21(26)14-18-8-6-7-16(3)13-18/h6-13,20H,4-5,14-15H2,1-3H3,(H,24,27)/t20-/m0/s1. The first kappa shape index (κ1) is 20.6. The molecule has 2 amide bonds. The molecule has 0 aliphatic carbocycles. The SMILES string of the molecule is CCNC(=O)[C@H](CC)N(Cc1ccc(F)cc1)C(=O)Cc1cccc(C)c1. The molecule has 0 aliphatic rings. The molecule has 0 unspecified atom stereocenters. The Morgan fingerprint density at radius 1 is 1.07 bits per heavy atom. The average molecular weight is 370 g/mol. The van der Waals surface area contributed by atoms with Crippen molar-refractivity contribution in [3.05, 3.63) is 71.0 Å². The second-order valence-electron chi connectivity index (χ2n) is 6.63. The third-order valence-electron chi connectivity index (χ3n) is 4.44. The zero-order valence-corrected chi connectivity index (χ0v) is 16.2. The minimum atomic E-state index is -0.563. The molecule has 0 bridgehead atoms. The van der Waals surface area contributed by atoms with E-state index >= 15 is 0 Å². The monoisotopic (exact) mass is 370 g/mol. The Bertz CT molecular complexity index is 774. The Hall–Kier alpha value is -2.69. The van der Waals surface area contributed by atoms with Crippen LogP contribution in [0.1, 0.15) is 37.0 Å². The highest BCUT2D eigenvalue weighted by Crippen LogP contribution is 2.15. The maximum Gasteiger partial charge on any atom is 0.242 e. The van der Waals surface area contributed by atoms with Crippen molar-refractivity contribution in [2.45, 2.75) is 46.2 Å². The van der Waals surface area contributed by atoms with Gasteiger partial charge in [-0.15, -0.1) is 0 Å². The number of nitrogens with zero attached hydrogens (tertiary/aromatic N) is 1. The van der Waals surface area contributed by atoms with E-state index in [1.165, 1.54) is 12.1 Å². The number of hydrogen-bond acceptors (Lipinski definition) is 2. The summed E-state index contributed by atoms with van der Waals surface area (Å²) in [5.74, 6) is -0.616. The molecule has 2 rings (SSSR count). The van der Waals surface area contributed by atoms with Gasteiger partial charge in [0, 0.05) is 13.1 Å². The van der Waals surface area contributed by atoms with Crippen LogP contribution in [0, 0.1) is 12.7 Å². The molecule has 0 saturated carbocycles. The fraction of sp³-hybridized carbons (Fsp3) is 0.364. The first-order valence-electron chi connectivity index (χ1n) is 9.31. The summed E-state index contributed by atoms with van der Waals surface area (Å²) in [5, 5.41) is 2.81. The van der Waals surface area contributed by atoms with E-state index in [-0.39, 0.29) is 30.6 Å². The van der Waals surface area contributed by atoms with Gasteiger partial charge < -0.3 is 10.2 Å². The van der Waals surface area contributed by atoms with E-state index in [1.54, 1.807) is 17.0 Å². The van der Waals surface area contributed by atoms with Gasteiger partial charge >= 0.3 is 0 Å². The second-order valence-corrected chi connectivity index (χ2v) is 6.63. The van der Waals surface area contributed by atoms with Crippen LogP contribution in [0.5, 0.6) is 0 Å². The number of benzene rings is 2. The summed E-state index contributed by atoms with van der Waals surface area (Å²) in [4.78, 5) is 27.2. The predicted molar refractivity (Wildman–Crippen MR) is 105 cm³/mol. The van der Waals surface area contributed by atoms with Crippen molar-refractivity contribution in [2.24, 2.45) is 0 Å². The van der Waals surface area contributed by atoms with E-state index in [2.05, 4.69) is 5.32 Å². The van der Waals surface area contributed by atoms with Gasteiger partial charge in [0.2, 0.25) is 11.8 Å². The number of hydrogen-bond donors (Lipinski definition) is 1. The maximum absolute atomic E-state index is 13.2. The molecule has 1 atom stereocenters. The van der Waals surface area contributed by atoms with Crippen LogP contribution in [-0.4, -0.2) is 29.3 Å². The van der Waals surface area contributed by atoms with Crippen molar-refractivity contribution in [2.75, 3.05) is 6.54 Å². The van der Waals surface area contributed by atoms with E-state index in [0.717, 1.165) is 16.7 Å². The van der Waals surface area contributed by atoms with E-state index < -0.39 is 6.04 Å². The first-order chi connectivity index (χ1) is 12.9. The summed E-state index contributed by atoms with van der Waals surface area (Å²) >= 11 is 0. The lowest BCUT2D eigenvalue weighted by Crippen LogP contribution is -2.49. The molecule has 0 aromatic heterocycles. The Morgan fingerprint density at radius 3 is 2.37 bits per heavy atom. The van der Waals surface area contributed by atoms with Crippen LogP contribution in [0.25, 0.3) is 0 Å². The number of carbonyl (C=O) groups excluding carboxylic acids is 2. The first-order valence-corrected chi connectivity index (χ1v) is 9.31. The molecule has 0 spiro atoms. The molecule has 0 aliphatic heterocycles. The maximum atomic E-state index is 13.2. The minimum absolute atomic E-state index is 0.122. The number of aryl methyl sites for hydroxylation is 1. The van der Waals surface area contributed by atoms with Gasteiger partial charge in [-0.05, 0) is 43.5 Å². The lowest BCUT2D eigenvalue weighted by atomic mass is 10.1. The lowest BCUT2D eigenvalue weighted by molar-refractivity contribution is -0.140. The summed E-state index contributed by atoms with van der Waals surface area (Å²) < 4.78 is 13.2. The highest BCUT2D eigenvalue weighted by molar-refractivity contribution is 5.88. The summed E-state index contributed by atoms with van der Waals surface area (Å²) in [7, 11) is 0. The Kier molecular flexibility index (Phi) is 7.53. The van der Waals surface area contributed by atoms with E-state index in [9.17, 15) is 14.0 Å². The lowest BCUT2D eigenvalue weighted by Gasteiger charge is -2.30. The summed E-state index contributed by atoms with van der Waals surface area (Å²) in [6, 6.07) is 13.2. The number of carbonyl (C=O) groups is 2. The van der Waals surface area contributed by atoms with Crippen LogP contribution >= 0.6 is 0 Å². The number of likely N-dealkylation sites (N-methyl/N-ethyl adjacent to an activating group) is 1. The number of rotatable bonds is 8. The Morgan fingerprint density at radius 2 is 1.78 bits per heavy atom. The van der Waals surface area contributed by atoms with Crippen LogP contribution in [0.3, 0.4) is 0 Å². The largest absolute Gasteiger partial charge is 0.355 e. The number of halogens is 1. The third kappa shape index (κ3) is 5.91. The molecule has 144 valence electrons. The molecular weight excluding hydrogens is 343 g/mol. The van der Waals surface area contributed by atoms with Gasteiger partial charge in [-0.2, -0.15) is 0 Å². The minimum Gasteiger partial charge on any atom is -0.355 e. The highest BCUT2D eigenvalue weighted by Gasteiger charge is 2.28. The molecule has 0 saturated heterocycles. The fourth-order valence-electron chi connectivity index (χ4n) is 3.10. The van der Waals surface area contributed by atoms with Crippen molar-refractivity contribution in [3.8, 4) is 0 Å². The molecule has 4 nitrogen and oxygen atoms in total. The zero-order valence-electron chi connectivity index (χ0n) is 16.2. The summed E-state index contributed by atoms with van der Waals surface area (Å²) in [5.41, 5.74) is 2.78. The Labute approximate surface area is 160 Å². The van der Waals surface area contributed by atoms with Crippen molar-refractivity contribution in [1.82, 2.24) is 10.2 Å². The van der Waals surface area contributed by atoms with Gasteiger partial charge in [-0.25, -0.2) is 4.39 Å². The van der Waals surface area contributed by atoms with Gasteiger partial charge in [0.25, 0.3) is 0 Å². The Balaban J connectivity index is 2.27. The molecule has 2 aromatic rings. The third-order valence-corrected chi connectivity index (χ3v) is 4.44. The topological polar surface area (TPSA) is 49.4 Å². The highest BCUT2D eigenvalue weighted by atomic mass is 19.1. The van der Waals surface area contributed by atoms with E-state index in [1.807, 2.05) is 45.0 Å². The van der Waals surface area contributed by atoms with Gasteiger partial charge in [-0.3, -0.25) is 9.59 Å². The summed E-state index contributed by atoms with van der Waals surface area (Å²) in [6.07, 6.45) is 0.728. The normalized spacial score (nSPS) is 11.7. The van der Waals surface area contributed by atoms with Gasteiger partial charge in [-0.1, -0.05) is 48.9 Å². The predicted octanol–water partition coefficient (Wildman–Crippen LogP) is 3.62. The molecule has 0 heterocycles. The van der Waals surface area contributed by atoms with Crippen molar-refractivity contribution in [3.63, 3.8) is 0 Å². The quantitative estimate of drug-likeness (QED) is 0.772. The zero-order chi connectivity index (χ0) is 19.8. The van der Waals surface area contributed by atoms with Gasteiger partial charge in [0.1, 0.15) is 11.9 Å². The molecule has 0 radical (unpaired) electrons. The van der Waals surface area contributed by atoms with E-state index in [0.29, 0.717) is 13.0 Å². The second kappa shape index (κ2) is 9.86. The average Bonchev–Trinajstić information content (AvgIpc) is 2.63. The molecule has 2 aromatic carbocycles. The van der Waals surface area contributed by atoms with E-state index in [4.69, 9.17) is 0 Å². The molecule has 27 heavy (non-hydrogen) atoms. The van der Waals surface area contributed by atoms with Crippen LogP contribution in [-0.2, 0) is 22.6 Å². The summed E-state index contributed by atoms with van der Waals surface area (Å²) in [6.45, 7) is 6.49. The van der Waals surface area contributed by atoms with Crippen LogP contribution in [0.15, 0.2) is 48.5 Å². The van der Waals surface area contributed by atoms with Gasteiger partial charge in [0.15, 0.2) is 0 Å². The molecule has 0 fully saturated rings. The number of nitrogens with one attached hydrogen (secondary N) is 1. The van der Waals surface area contributed by atoms with Gasteiger partial charge in [0.05, 0.1) is 6.42 Å². The molecule has 1 N–H and O–H groups in total. The fourth-order valence-corrected chi connectivity index (χ4v) is 3.10. The van der Waals surface area contributed by atoms with Crippen LogP contribution < -0.4 is 5.32 Å². The number of amides is 2. The molecular formula is C22H27FN2O2. The molecule has 5 heteroatoms. The smallest absolute Gasteiger partial charge is 0.242 e.